The Bertz CT molecular complexity index is 212. The Morgan fingerprint density at radius 2 is 2.13 bits per heavy atom. The van der Waals surface area contributed by atoms with Crippen LogP contribution in [0.4, 0.5) is 0 Å². The fraction of sp³-hybridized carbons (Fsp3) is 0.778. The van der Waals surface area contributed by atoms with Crippen LogP contribution in [0.15, 0.2) is 0 Å². The van der Waals surface area contributed by atoms with Gasteiger partial charge >= 0.3 is 5.97 Å². The second-order valence-electron chi connectivity index (χ2n) is 3.05. The van der Waals surface area contributed by atoms with Gasteiger partial charge in [0.1, 0.15) is 6.04 Å². The molecule has 0 rings (SSSR count). The minimum Gasteiger partial charge on any atom is -0.480 e. The molecule has 0 aliphatic heterocycles. The van der Waals surface area contributed by atoms with Crippen LogP contribution < -0.4 is 11.1 Å². The van der Waals surface area contributed by atoms with E-state index in [2.05, 4.69) is 5.32 Å². The summed E-state index contributed by atoms with van der Waals surface area (Å²) in [6, 6.07) is -0.790. The molecule has 0 saturated carbocycles. The van der Waals surface area contributed by atoms with Gasteiger partial charge in [0, 0.05) is 18.7 Å². The summed E-state index contributed by atoms with van der Waals surface area (Å²) in [5.74, 6) is 0.442. The number of carboxylic acid groups (broad SMARTS) is 1. The lowest BCUT2D eigenvalue weighted by atomic mass is 10.2. The minimum absolute atomic E-state index is 0.0348. The number of aliphatic carboxylic acids is 1. The summed E-state index contributed by atoms with van der Waals surface area (Å²) in [6.07, 6.45) is 0.913. The van der Waals surface area contributed by atoms with E-state index in [9.17, 15) is 9.59 Å². The van der Waals surface area contributed by atoms with Crippen LogP contribution in [-0.2, 0) is 9.59 Å². The van der Waals surface area contributed by atoms with Gasteiger partial charge in [-0.05, 0) is 19.1 Å². The summed E-state index contributed by atoms with van der Waals surface area (Å²) in [4.78, 5) is 21.4. The molecular formula is C9H18N2O3S. The Morgan fingerprint density at radius 3 is 2.67 bits per heavy atom. The Balaban J connectivity index is 3.32. The summed E-state index contributed by atoms with van der Waals surface area (Å²) in [6.45, 7) is 2.52. The molecule has 0 aromatic rings. The number of amides is 1. The first-order valence-electron chi connectivity index (χ1n) is 4.90. The number of carbonyl (C=O) groups is 2. The summed E-state index contributed by atoms with van der Waals surface area (Å²) in [7, 11) is 0. The lowest BCUT2D eigenvalue weighted by Crippen LogP contribution is -2.30. The van der Waals surface area contributed by atoms with Gasteiger partial charge in [-0.25, -0.2) is 0 Å². The number of nitrogens with one attached hydrogen (secondary N) is 1. The van der Waals surface area contributed by atoms with E-state index in [1.165, 1.54) is 0 Å². The maximum absolute atomic E-state index is 11.0. The van der Waals surface area contributed by atoms with Crippen molar-refractivity contribution in [3.05, 3.63) is 0 Å². The lowest BCUT2D eigenvalue weighted by molar-refractivity contribution is -0.138. The molecular weight excluding hydrogens is 216 g/mol. The molecule has 88 valence electrons. The molecule has 0 spiro atoms. The van der Waals surface area contributed by atoms with E-state index < -0.39 is 12.0 Å². The smallest absolute Gasteiger partial charge is 0.320 e. The van der Waals surface area contributed by atoms with E-state index in [1.54, 1.807) is 11.8 Å². The number of nitrogens with two attached hydrogens (primary N) is 1. The summed E-state index contributed by atoms with van der Waals surface area (Å²) < 4.78 is 0. The average Bonchev–Trinajstić information content (AvgIpc) is 2.17. The standard InChI is InChI=1S/C9H18N2O3S/c1-2-11-8(12)4-6-15-5-3-7(10)9(13)14/h7H,2-6,10H2,1H3,(H,11,12)(H,13,14). The number of carbonyl (C=O) groups excluding carboxylic acids is 1. The third kappa shape index (κ3) is 8.26. The lowest BCUT2D eigenvalue weighted by Gasteiger charge is -2.05. The van der Waals surface area contributed by atoms with Gasteiger partial charge in [0.2, 0.25) is 5.91 Å². The van der Waals surface area contributed by atoms with Gasteiger partial charge in [0.15, 0.2) is 0 Å². The molecule has 0 fully saturated rings. The van der Waals surface area contributed by atoms with Crippen LogP contribution in [0.2, 0.25) is 0 Å². The summed E-state index contributed by atoms with van der Waals surface area (Å²) in [5, 5.41) is 11.2. The van der Waals surface area contributed by atoms with Crippen molar-refractivity contribution in [2.24, 2.45) is 5.73 Å². The quantitative estimate of drug-likeness (QED) is 0.516. The van der Waals surface area contributed by atoms with Crippen LogP contribution in [0.5, 0.6) is 0 Å². The predicted molar refractivity (Wildman–Crippen MR) is 60.9 cm³/mol. The van der Waals surface area contributed by atoms with Crippen LogP contribution in [0.1, 0.15) is 19.8 Å². The molecule has 0 saturated heterocycles. The topological polar surface area (TPSA) is 92.4 Å². The summed E-state index contributed by atoms with van der Waals surface area (Å²) in [5.41, 5.74) is 5.31. The van der Waals surface area contributed by atoms with Crippen molar-refractivity contribution in [3.63, 3.8) is 0 Å². The largest absolute Gasteiger partial charge is 0.480 e. The van der Waals surface area contributed by atoms with Crippen molar-refractivity contribution >= 4 is 23.6 Å². The maximum Gasteiger partial charge on any atom is 0.320 e. The normalized spacial score (nSPS) is 12.1. The van der Waals surface area contributed by atoms with Gasteiger partial charge in [-0.3, -0.25) is 9.59 Å². The molecule has 0 bridgehead atoms. The first-order valence-corrected chi connectivity index (χ1v) is 6.06. The van der Waals surface area contributed by atoms with Crippen molar-refractivity contribution in [1.29, 1.82) is 0 Å². The van der Waals surface area contributed by atoms with E-state index in [4.69, 9.17) is 10.8 Å². The van der Waals surface area contributed by atoms with Crippen molar-refractivity contribution in [2.75, 3.05) is 18.1 Å². The number of thioether (sulfide) groups is 1. The molecule has 1 atom stereocenters. The molecule has 0 aliphatic rings. The number of carboxylic acids is 1. The van der Waals surface area contributed by atoms with Gasteiger partial charge in [-0.2, -0.15) is 11.8 Å². The molecule has 0 aromatic heterocycles. The van der Waals surface area contributed by atoms with E-state index >= 15 is 0 Å². The van der Waals surface area contributed by atoms with Gasteiger partial charge in [0.05, 0.1) is 0 Å². The Kier molecular flexibility index (Phi) is 8.12. The fourth-order valence-electron chi connectivity index (χ4n) is 0.886. The molecule has 0 radical (unpaired) electrons. The van der Waals surface area contributed by atoms with E-state index in [0.29, 0.717) is 30.9 Å². The van der Waals surface area contributed by atoms with E-state index in [-0.39, 0.29) is 5.91 Å². The molecule has 1 unspecified atom stereocenters. The highest BCUT2D eigenvalue weighted by Crippen LogP contribution is 2.05. The SMILES string of the molecule is CCNC(=O)CCSCCC(N)C(=O)O. The van der Waals surface area contributed by atoms with Gasteiger partial charge < -0.3 is 16.2 Å². The van der Waals surface area contributed by atoms with Crippen LogP contribution in [0, 0.1) is 0 Å². The number of rotatable bonds is 8. The highest BCUT2D eigenvalue weighted by atomic mass is 32.2. The number of hydrogen-bond donors (Lipinski definition) is 3. The summed E-state index contributed by atoms with van der Waals surface area (Å²) >= 11 is 1.55. The molecule has 0 aliphatic carbocycles. The zero-order chi connectivity index (χ0) is 11.7. The van der Waals surface area contributed by atoms with Crippen LogP contribution in [-0.4, -0.2) is 41.1 Å². The molecule has 15 heavy (non-hydrogen) atoms. The van der Waals surface area contributed by atoms with E-state index in [0.717, 1.165) is 0 Å². The van der Waals surface area contributed by atoms with Crippen LogP contribution in [0.25, 0.3) is 0 Å². The maximum atomic E-state index is 11.0. The van der Waals surface area contributed by atoms with Crippen LogP contribution in [0.3, 0.4) is 0 Å². The minimum atomic E-state index is -0.973. The predicted octanol–water partition coefficient (Wildman–Crippen LogP) is 0.0478. The van der Waals surface area contributed by atoms with Gasteiger partial charge in [-0.1, -0.05) is 0 Å². The second kappa shape index (κ2) is 8.55. The molecule has 6 heteroatoms. The zero-order valence-corrected chi connectivity index (χ0v) is 9.68. The van der Waals surface area contributed by atoms with Gasteiger partial charge in [-0.15, -0.1) is 0 Å². The molecule has 1 amide bonds. The molecule has 0 heterocycles. The Hall–Kier alpha value is -0.750. The van der Waals surface area contributed by atoms with Crippen molar-refractivity contribution in [3.8, 4) is 0 Å². The first kappa shape index (κ1) is 14.2. The number of hydrogen-bond acceptors (Lipinski definition) is 4. The average molecular weight is 234 g/mol. The molecule has 0 aromatic carbocycles. The van der Waals surface area contributed by atoms with Crippen molar-refractivity contribution < 1.29 is 14.7 Å². The van der Waals surface area contributed by atoms with Crippen molar-refractivity contribution in [2.45, 2.75) is 25.8 Å². The highest BCUT2D eigenvalue weighted by molar-refractivity contribution is 7.99. The van der Waals surface area contributed by atoms with Crippen molar-refractivity contribution in [1.82, 2.24) is 5.32 Å². The van der Waals surface area contributed by atoms with Crippen LogP contribution >= 0.6 is 11.8 Å². The van der Waals surface area contributed by atoms with E-state index in [1.807, 2.05) is 6.92 Å². The third-order valence-electron chi connectivity index (χ3n) is 1.74. The first-order chi connectivity index (χ1) is 7.07. The highest BCUT2D eigenvalue weighted by Gasteiger charge is 2.10. The Labute approximate surface area is 93.8 Å². The molecule has 5 nitrogen and oxygen atoms in total. The zero-order valence-electron chi connectivity index (χ0n) is 8.86. The third-order valence-corrected chi connectivity index (χ3v) is 2.75. The second-order valence-corrected chi connectivity index (χ2v) is 4.27. The fourth-order valence-corrected chi connectivity index (χ4v) is 1.84. The monoisotopic (exact) mass is 234 g/mol. The Morgan fingerprint density at radius 1 is 1.47 bits per heavy atom. The molecule has 4 N–H and O–H groups in total. The van der Waals surface area contributed by atoms with Gasteiger partial charge in [0.25, 0.3) is 0 Å².